The maximum absolute atomic E-state index is 12.8. The molecule has 3 heteroatoms. The Balaban J connectivity index is 3.28. The van der Waals surface area contributed by atoms with Gasteiger partial charge < -0.3 is 0 Å². The smallest absolute Gasteiger partial charge is 0.188 e. The SMILES string of the molecule is [C-]#[N+]c1ccc(F)c(C(C)=O)c1. The maximum Gasteiger partial charge on any atom is 0.188 e. The van der Waals surface area contributed by atoms with E-state index in [0.29, 0.717) is 0 Å². The summed E-state index contributed by atoms with van der Waals surface area (Å²) in [5.41, 5.74) is 0.255. The van der Waals surface area contributed by atoms with E-state index >= 15 is 0 Å². The van der Waals surface area contributed by atoms with Gasteiger partial charge in [-0.2, -0.15) is 0 Å². The van der Waals surface area contributed by atoms with Crippen LogP contribution in [0.1, 0.15) is 17.3 Å². The molecule has 0 radical (unpaired) electrons. The molecule has 0 fully saturated rings. The molecule has 0 N–H and O–H groups in total. The van der Waals surface area contributed by atoms with Crippen LogP contribution < -0.4 is 0 Å². The second kappa shape index (κ2) is 3.14. The van der Waals surface area contributed by atoms with Crippen LogP contribution >= 0.6 is 0 Å². The maximum atomic E-state index is 12.8. The minimum atomic E-state index is -0.574. The van der Waals surface area contributed by atoms with Crippen molar-refractivity contribution in [2.75, 3.05) is 0 Å². The van der Waals surface area contributed by atoms with Gasteiger partial charge in [-0.1, -0.05) is 6.07 Å². The van der Waals surface area contributed by atoms with Crippen molar-refractivity contribution in [2.24, 2.45) is 0 Å². The Morgan fingerprint density at radius 3 is 2.75 bits per heavy atom. The number of hydrogen-bond acceptors (Lipinski definition) is 1. The fraction of sp³-hybridized carbons (Fsp3) is 0.111. The number of hydrogen-bond donors (Lipinski definition) is 0. The Morgan fingerprint density at radius 2 is 2.25 bits per heavy atom. The molecule has 0 aliphatic heterocycles. The highest BCUT2D eigenvalue weighted by molar-refractivity contribution is 5.95. The molecular weight excluding hydrogens is 157 g/mol. The first-order valence-corrected chi connectivity index (χ1v) is 3.33. The fourth-order valence-corrected chi connectivity index (χ4v) is 0.853. The van der Waals surface area contributed by atoms with Crippen LogP contribution in [-0.4, -0.2) is 5.78 Å². The Kier molecular flexibility index (Phi) is 2.20. The second-order valence-electron chi connectivity index (χ2n) is 2.33. The van der Waals surface area contributed by atoms with Gasteiger partial charge in [0.2, 0.25) is 0 Å². The van der Waals surface area contributed by atoms with Crippen LogP contribution in [0.2, 0.25) is 0 Å². The number of halogens is 1. The molecule has 0 saturated carbocycles. The van der Waals surface area contributed by atoms with E-state index in [1.807, 2.05) is 0 Å². The van der Waals surface area contributed by atoms with E-state index in [0.717, 1.165) is 6.07 Å². The average Bonchev–Trinajstić information content (AvgIpc) is 2.05. The van der Waals surface area contributed by atoms with Gasteiger partial charge in [-0.25, -0.2) is 9.24 Å². The molecule has 1 aromatic carbocycles. The molecule has 1 aromatic rings. The highest BCUT2D eigenvalue weighted by Gasteiger charge is 2.06. The van der Waals surface area contributed by atoms with Gasteiger partial charge in [-0.05, 0) is 19.1 Å². The lowest BCUT2D eigenvalue weighted by molar-refractivity contribution is 0.101. The molecular formula is C9H6FNO. The van der Waals surface area contributed by atoms with Crippen LogP contribution in [0.25, 0.3) is 4.85 Å². The van der Waals surface area contributed by atoms with E-state index in [2.05, 4.69) is 4.85 Å². The van der Waals surface area contributed by atoms with Gasteiger partial charge in [0.15, 0.2) is 11.5 Å². The van der Waals surface area contributed by atoms with Crippen LogP contribution in [0.3, 0.4) is 0 Å². The Labute approximate surface area is 69.5 Å². The molecule has 2 nitrogen and oxygen atoms in total. The number of benzene rings is 1. The molecule has 60 valence electrons. The molecule has 12 heavy (non-hydrogen) atoms. The first-order chi connectivity index (χ1) is 5.65. The molecule has 0 spiro atoms. The van der Waals surface area contributed by atoms with Crippen molar-refractivity contribution >= 4 is 11.5 Å². The van der Waals surface area contributed by atoms with E-state index in [1.54, 1.807) is 0 Å². The van der Waals surface area contributed by atoms with Crippen LogP contribution in [0.4, 0.5) is 10.1 Å². The van der Waals surface area contributed by atoms with Crippen LogP contribution in [-0.2, 0) is 0 Å². The molecule has 0 aliphatic rings. The molecule has 0 atom stereocenters. The van der Waals surface area contributed by atoms with E-state index in [4.69, 9.17) is 6.57 Å². The van der Waals surface area contributed by atoms with Crippen molar-refractivity contribution < 1.29 is 9.18 Å². The van der Waals surface area contributed by atoms with Gasteiger partial charge in [-0.15, -0.1) is 0 Å². The average molecular weight is 163 g/mol. The normalized spacial score (nSPS) is 9.08. The zero-order chi connectivity index (χ0) is 9.14. The lowest BCUT2D eigenvalue weighted by Gasteiger charge is -1.97. The summed E-state index contributed by atoms with van der Waals surface area (Å²) in [5.74, 6) is -0.937. The number of rotatable bonds is 1. The summed E-state index contributed by atoms with van der Waals surface area (Å²) in [5, 5.41) is 0. The molecule has 0 amide bonds. The molecule has 1 rings (SSSR count). The first-order valence-electron chi connectivity index (χ1n) is 3.33. The van der Waals surface area contributed by atoms with Crippen molar-refractivity contribution in [1.82, 2.24) is 0 Å². The molecule has 0 bridgehead atoms. The van der Waals surface area contributed by atoms with E-state index in [9.17, 15) is 9.18 Å². The van der Waals surface area contributed by atoms with Gasteiger partial charge in [0, 0.05) is 5.56 Å². The zero-order valence-corrected chi connectivity index (χ0v) is 6.47. The van der Waals surface area contributed by atoms with Gasteiger partial charge in [0.1, 0.15) is 5.82 Å². The number of carbonyl (C=O) groups excluding carboxylic acids is 1. The predicted molar refractivity (Wildman–Crippen MR) is 42.7 cm³/mol. The van der Waals surface area contributed by atoms with E-state index in [1.165, 1.54) is 19.1 Å². The Morgan fingerprint density at radius 1 is 1.58 bits per heavy atom. The second-order valence-corrected chi connectivity index (χ2v) is 2.33. The summed E-state index contributed by atoms with van der Waals surface area (Å²) >= 11 is 0. The van der Waals surface area contributed by atoms with E-state index < -0.39 is 5.82 Å². The highest BCUT2D eigenvalue weighted by atomic mass is 19.1. The summed E-state index contributed by atoms with van der Waals surface area (Å²) in [6.45, 7) is 7.91. The first kappa shape index (κ1) is 8.41. The highest BCUT2D eigenvalue weighted by Crippen LogP contribution is 2.17. The zero-order valence-electron chi connectivity index (χ0n) is 6.47. The minimum Gasteiger partial charge on any atom is -0.294 e. The minimum absolute atomic E-state index is 0.0245. The summed E-state index contributed by atoms with van der Waals surface area (Å²) in [6, 6.07) is 3.73. The van der Waals surface area contributed by atoms with Gasteiger partial charge in [0.05, 0.1) is 6.57 Å². The number of ketones is 1. The standard InChI is InChI=1S/C9H6FNO/c1-6(12)8-5-7(11-2)3-4-9(8)10/h3-5H,1H3. The van der Waals surface area contributed by atoms with Gasteiger partial charge >= 0.3 is 0 Å². The summed E-state index contributed by atoms with van der Waals surface area (Å²) in [6.07, 6.45) is 0. The van der Waals surface area contributed by atoms with Crippen molar-refractivity contribution in [3.63, 3.8) is 0 Å². The van der Waals surface area contributed by atoms with Crippen molar-refractivity contribution in [2.45, 2.75) is 6.92 Å². The number of carbonyl (C=O) groups is 1. The third kappa shape index (κ3) is 1.48. The quantitative estimate of drug-likeness (QED) is 0.460. The molecule has 0 saturated heterocycles. The molecule has 0 heterocycles. The predicted octanol–water partition coefficient (Wildman–Crippen LogP) is 2.58. The van der Waals surface area contributed by atoms with Crippen LogP contribution in [0.15, 0.2) is 18.2 Å². The summed E-state index contributed by atoms with van der Waals surface area (Å²) in [4.78, 5) is 13.9. The van der Waals surface area contributed by atoms with E-state index in [-0.39, 0.29) is 17.0 Å². The van der Waals surface area contributed by atoms with Crippen molar-refractivity contribution in [1.29, 1.82) is 0 Å². The Hall–Kier alpha value is -1.69. The summed E-state index contributed by atoms with van der Waals surface area (Å²) in [7, 11) is 0. The van der Waals surface area contributed by atoms with Crippen LogP contribution in [0.5, 0.6) is 0 Å². The van der Waals surface area contributed by atoms with Crippen molar-refractivity contribution in [3.05, 3.63) is 41.0 Å². The molecule has 0 aliphatic carbocycles. The lowest BCUT2D eigenvalue weighted by atomic mass is 10.1. The monoisotopic (exact) mass is 163 g/mol. The fourth-order valence-electron chi connectivity index (χ4n) is 0.853. The Bertz CT molecular complexity index is 365. The third-order valence-corrected chi connectivity index (χ3v) is 1.46. The van der Waals surface area contributed by atoms with Gasteiger partial charge in [0.25, 0.3) is 0 Å². The topological polar surface area (TPSA) is 21.4 Å². The largest absolute Gasteiger partial charge is 0.294 e. The summed E-state index contributed by atoms with van der Waals surface area (Å²) < 4.78 is 12.8. The van der Waals surface area contributed by atoms with Crippen LogP contribution in [0, 0.1) is 12.4 Å². The molecule has 0 unspecified atom stereocenters. The van der Waals surface area contributed by atoms with Gasteiger partial charge in [-0.3, -0.25) is 4.79 Å². The molecule has 0 aromatic heterocycles. The van der Waals surface area contributed by atoms with Crippen molar-refractivity contribution in [3.8, 4) is 0 Å². The lowest BCUT2D eigenvalue weighted by Crippen LogP contribution is -1.95. The number of Topliss-reactive ketones (excluding diaryl/α,β-unsaturated/α-hetero) is 1. The number of nitrogens with zero attached hydrogens (tertiary/aromatic N) is 1. The third-order valence-electron chi connectivity index (χ3n) is 1.46.